The van der Waals surface area contributed by atoms with Crippen molar-refractivity contribution in [1.82, 2.24) is 0 Å². The number of allylic oxidation sites excluding steroid dienone is 1. The Balaban J connectivity index is 2.51. The molecule has 0 saturated heterocycles. The second-order valence-electron chi connectivity index (χ2n) is 4.00. The van der Waals surface area contributed by atoms with Crippen LogP contribution < -0.4 is 0 Å². The highest BCUT2D eigenvalue weighted by atomic mass is 79.9. The topological polar surface area (TPSA) is 44.0 Å². The summed E-state index contributed by atoms with van der Waals surface area (Å²) < 4.78 is 0.813. The number of phenolic OH excluding ortho intramolecular Hbond substituents is 1. The molecule has 0 amide bonds. The van der Waals surface area contributed by atoms with Gasteiger partial charge in [-0.05, 0) is 42.0 Å². The van der Waals surface area contributed by atoms with Crippen LogP contribution in [0.2, 0.25) is 10.0 Å². The van der Waals surface area contributed by atoms with Crippen molar-refractivity contribution >= 4 is 50.8 Å². The van der Waals surface area contributed by atoms with Crippen molar-refractivity contribution < 1.29 is 5.11 Å². The molecule has 0 bridgehead atoms. The van der Waals surface area contributed by atoms with E-state index in [1.54, 1.807) is 42.5 Å². The van der Waals surface area contributed by atoms with Crippen LogP contribution in [0.15, 0.2) is 40.9 Å². The molecule has 2 nitrogen and oxygen atoms in total. The molecule has 0 spiro atoms. The van der Waals surface area contributed by atoms with Gasteiger partial charge in [0.25, 0.3) is 0 Å². The highest BCUT2D eigenvalue weighted by Crippen LogP contribution is 2.29. The maximum Gasteiger partial charge on any atom is 0.122 e. The zero-order valence-corrected chi connectivity index (χ0v) is 13.2. The minimum atomic E-state index is 0.0982. The lowest BCUT2D eigenvalue weighted by Gasteiger charge is -2.04. The number of halogens is 3. The van der Waals surface area contributed by atoms with Gasteiger partial charge in [-0.25, -0.2) is 0 Å². The first-order chi connectivity index (χ1) is 9.51. The lowest BCUT2D eigenvalue weighted by molar-refractivity contribution is 0.474. The number of nitrogens with zero attached hydrogens (tertiary/aromatic N) is 1. The lowest BCUT2D eigenvalue weighted by Crippen LogP contribution is -1.84. The quantitative estimate of drug-likeness (QED) is 0.559. The van der Waals surface area contributed by atoms with Gasteiger partial charge in [0.05, 0.1) is 21.7 Å². The van der Waals surface area contributed by atoms with E-state index in [9.17, 15) is 10.4 Å². The summed E-state index contributed by atoms with van der Waals surface area (Å²) in [6, 6.07) is 12.1. The summed E-state index contributed by atoms with van der Waals surface area (Å²) >= 11 is 15.1. The summed E-state index contributed by atoms with van der Waals surface area (Å²) in [5.74, 6) is 0.0982. The molecule has 5 heteroatoms. The monoisotopic (exact) mass is 367 g/mol. The lowest BCUT2D eigenvalue weighted by atomic mass is 10.0. The Morgan fingerprint density at radius 2 is 1.90 bits per heavy atom. The van der Waals surface area contributed by atoms with Crippen LogP contribution in [-0.4, -0.2) is 5.11 Å². The summed E-state index contributed by atoms with van der Waals surface area (Å²) in [5, 5.41) is 19.9. The third-order valence-corrected chi connectivity index (χ3v) is 3.87. The third-order valence-electron chi connectivity index (χ3n) is 2.64. The molecular formula is C15H8BrCl2NO. The Kier molecular flexibility index (Phi) is 4.72. The van der Waals surface area contributed by atoms with E-state index in [0.717, 1.165) is 4.47 Å². The first kappa shape index (κ1) is 14.9. The van der Waals surface area contributed by atoms with E-state index in [1.807, 2.05) is 0 Å². The van der Waals surface area contributed by atoms with Crippen molar-refractivity contribution in [3.63, 3.8) is 0 Å². The molecule has 1 N–H and O–H groups in total. The van der Waals surface area contributed by atoms with E-state index in [2.05, 4.69) is 22.0 Å². The first-order valence-corrected chi connectivity index (χ1v) is 7.12. The number of phenols is 1. The molecule has 0 aliphatic rings. The maximum absolute atomic E-state index is 9.80. The minimum Gasteiger partial charge on any atom is -0.507 e. The molecular weight excluding hydrogens is 361 g/mol. The van der Waals surface area contributed by atoms with Gasteiger partial charge in [-0.3, -0.25) is 0 Å². The van der Waals surface area contributed by atoms with Crippen LogP contribution in [0.4, 0.5) is 0 Å². The Labute approximate surface area is 135 Å². The second kappa shape index (κ2) is 6.32. The summed E-state index contributed by atoms with van der Waals surface area (Å²) in [4.78, 5) is 0. The van der Waals surface area contributed by atoms with Crippen molar-refractivity contribution in [1.29, 1.82) is 5.26 Å². The van der Waals surface area contributed by atoms with Crippen molar-refractivity contribution in [2.75, 3.05) is 0 Å². The van der Waals surface area contributed by atoms with E-state index in [-0.39, 0.29) is 5.75 Å². The van der Waals surface area contributed by atoms with Gasteiger partial charge in [0, 0.05) is 10.0 Å². The predicted octanol–water partition coefficient (Wildman–Crippen LogP) is 5.53. The standard InChI is InChI=1S/C15H8BrCl2NO/c16-12-2-4-15(20)10(6-12)5-11(8-19)9-1-3-13(17)14(18)7-9/h1-7,20H. The van der Waals surface area contributed by atoms with Crippen LogP contribution in [0.5, 0.6) is 5.75 Å². The van der Waals surface area contributed by atoms with E-state index < -0.39 is 0 Å². The number of benzene rings is 2. The highest BCUT2D eigenvalue weighted by molar-refractivity contribution is 9.10. The molecule has 0 aliphatic carbocycles. The van der Waals surface area contributed by atoms with Gasteiger partial charge >= 0.3 is 0 Å². The molecule has 0 radical (unpaired) electrons. The van der Waals surface area contributed by atoms with Crippen LogP contribution in [-0.2, 0) is 0 Å². The molecule has 0 aliphatic heterocycles. The van der Waals surface area contributed by atoms with Crippen LogP contribution in [0, 0.1) is 11.3 Å². The first-order valence-electron chi connectivity index (χ1n) is 5.57. The van der Waals surface area contributed by atoms with Gasteiger partial charge in [-0.1, -0.05) is 45.2 Å². The van der Waals surface area contributed by atoms with Gasteiger partial charge in [0.15, 0.2) is 0 Å². The average Bonchev–Trinajstić information content (AvgIpc) is 2.43. The summed E-state index contributed by atoms with van der Waals surface area (Å²) in [6.45, 7) is 0. The number of nitriles is 1. The molecule has 2 aromatic rings. The fourth-order valence-electron chi connectivity index (χ4n) is 1.64. The fraction of sp³-hybridized carbons (Fsp3) is 0. The smallest absolute Gasteiger partial charge is 0.122 e. The Morgan fingerprint density at radius 3 is 2.55 bits per heavy atom. The third kappa shape index (κ3) is 3.34. The van der Waals surface area contributed by atoms with Gasteiger partial charge < -0.3 is 5.11 Å². The predicted molar refractivity (Wildman–Crippen MR) is 85.8 cm³/mol. The SMILES string of the molecule is N#CC(=Cc1cc(Br)ccc1O)c1ccc(Cl)c(Cl)c1. The highest BCUT2D eigenvalue weighted by Gasteiger charge is 2.07. The number of rotatable bonds is 2. The molecule has 20 heavy (non-hydrogen) atoms. The van der Waals surface area contributed by atoms with E-state index >= 15 is 0 Å². The zero-order valence-electron chi connectivity index (χ0n) is 10.1. The van der Waals surface area contributed by atoms with Crippen LogP contribution >= 0.6 is 39.1 Å². The maximum atomic E-state index is 9.80. The van der Waals surface area contributed by atoms with Gasteiger partial charge in [0.1, 0.15) is 5.75 Å². The molecule has 0 saturated carbocycles. The molecule has 0 atom stereocenters. The fourth-order valence-corrected chi connectivity index (χ4v) is 2.32. The molecule has 0 heterocycles. The summed E-state index contributed by atoms with van der Waals surface area (Å²) in [5.41, 5.74) is 1.57. The number of hydrogen-bond acceptors (Lipinski definition) is 2. The van der Waals surface area contributed by atoms with E-state index in [0.29, 0.717) is 26.7 Å². The Morgan fingerprint density at radius 1 is 1.15 bits per heavy atom. The summed E-state index contributed by atoms with van der Waals surface area (Å²) in [6.07, 6.45) is 1.60. The molecule has 100 valence electrons. The normalized spacial score (nSPS) is 11.2. The average molecular weight is 369 g/mol. The van der Waals surface area contributed by atoms with Gasteiger partial charge in [0.2, 0.25) is 0 Å². The number of aromatic hydroxyl groups is 1. The van der Waals surface area contributed by atoms with E-state index in [1.165, 1.54) is 0 Å². The van der Waals surface area contributed by atoms with Crippen LogP contribution in [0.3, 0.4) is 0 Å². The Hall–Kier alpha value is -1.47. The second-order valence-corrected chi connectivity index (χ2v) is 5.73. The molecule has 2 rings (SSSR count). The van der Waals surface area contributed by atoms with Gasteiger partial charge in [-0.15, -0.1) is 0 Å². The minimum absolute atomic E-state index is 0.0982. The van der Waals surface area contributed by atoms with Crippen LogP contribution in [0.25, 0.3) is 11.6 Å². The molecule has 0 fully saturated rings. The number of hydrogen-bond donors (Lipinski definition) is 1. The van der Waals surface area contributed by atoms with Crippen molar-refractivity contribution in [2.24, 2.45) is 0 Å². The van der Waals surface area contributed by atoms with Gasteiger partial charge in [-0.2, -0.15) is 5.26 Å². The largest absolute Gasteiger partial charge is 0.507 e. The zero-order chi connectivity index (χ0) is 14.7. The molecule has 2 aromatic carbocycles. The van der Waals surface area contributed by atoms with Crippen molar-refractivity contribution in [2.45, 2.75) is 0 Å². The van der Waals surface area contributed by atoms with Crippen LogP contribution in [0.1, 0.15) is 11.1 Å². The summed E-state index contributed by atoms with van der Waals surface area (Å²) in [7, 11) is 0. The molecule has 0 aromatic heterocycles. The Bertz CT molecular complexity index is 735. The van der Waals surface area contributed by atoms with Crippen molar-refractivity contribution in [3.05, 3.63) is 62.0 Å². The molecule has 0 unspecified atom stereocenters. The van der Waals surface area contributed by atoms with E-state index in [4.69, 9.17) is 23.2 Å². The van der Waals surface area contributed by atoms with Crippen molar-refractivity contribution in [3.8, 4) is 11.8 Å².